The molecular weight excluding hydrogens is 180 g/mol. The van der Waals surface area contributed by atoms with Crippen molar-refractivity contribution in [3.63, 3.8) is 0 Å². The molecule has 0 unspecified atom stereocenters. The average Bonchev–Trinajstić information content (AvgIpc) is 1.88. The van der Waals surface area contributed by atoms with Gasteiger partial charge in [0.05, 0.1) is 6.61 Å². The predicted molar refractivity (Wildman–Crippen MR) is 38.9 cm³/mol. The highest BCUT2D eigenvalue weighted by Crippen LogP contribution is 2.09. The van der Waals surface area contributed by atoms with Crippen LogP contribution in [-0.4, -0.2) is 5.11 Å². The van der Waals surface area contributed by atoms with E-state index < -0.39 is 0 Å². The molecule has 0 spiro atoms. The van der Waals surface area contributed by atoms with Crippen molar-refractivity contribution in [1.82, 2.24) is 0 Å². The van der Waals surface area contributed by atoms with Crippen LogP contribution in [0.15, 0.2) is 22.7 Å². The second-order valence-electron chi connectivity index (χ2n) is 1.70. The maximum atomic E-state index is 8.63. The van der Waals surface area contributed by atoms with Crippen LogP contribution in [0.3, 0.4) is 0 Å². The quantitative estimate of drug-likeness (QED) is 0.708. The van der Waals surface area contributed by atoms with Crippen LogP contribution in [0.5, 0.6) is 0 Å². The topological polar surface area (TPSA) is 20.2 Å². The highest BCUT2D eigenvalue weighted by Gasteiger charge is 1.88. The minimum absolute atomic E-state index is 0.0906. The molecule has 1 aromatic carbocycles. The first-order chi connectivity index (χ1) is 4.33. The summed E-state index contributed by atoms with van der Waals surface area (Å²) >= 11 is 3.24. The average molecular weight is 186 g/mol. The van der Waals surface area contributed by atoms with Crippen LogP contribution in [0.4, 0.5) is 0 Å². The van der Waals surface area contributed by atoms with Gasteiger partial charge in [0.25, 0.3) is 0 Å². The first kappa shape index (κ1) is 6.78. The third-order valence-electron chi connectivity index (χ3n) is 1.01. The lowest BCUT2D eigenvalue weighted by molar-refractivity contribution is 0.282. The summed E-state index contributed by atoms with van der Waals surface area (Å²) in [6, 6.07) is 8.34. The molecule has 0 aliphatic heterocycles. The van der Waals surface area contributed by atoms with E-state index >= 15 is 0 Å². The minimum Gasteiger partial charge on any atom is -0.392 e. The van der Waals surface area contributed by atoms with E-state index in [4.69, 9.17) is 5.11 Å². The molecule has 0 amide bonds. The Hall–Kier alpha value is -0.340. The summed E-state index contributed by atoms with van der Waals surface area (Å²) in [6.45, 7) is 0.0906. The van der Waals surface area contributed by atoms with Gasteiger partial charge in [0.2, 0.25) is 0 Å². The van der Waals surface area contributed by atoms with E-state index in [0.29, 0.717) is 0 Å². The van der Waals surface area contributed by atoms with Gasteiger partial charge in [-0.3, -0.25) is 0 Å². The van der Waals surface area contributed by atoms with Crippen molar-refractivity contribution in [2.24, 2.45) is 0 Å². The van der Waals surface area contributed by atoms with Crippen molar-refractivity contribution < 1.29 is 5.11 Å². The lowest BCUT2D eigenvalue weighted by Gasteiger charge is -1.93. The molecule has 0 aromatic heterocycles. The van der Waals surface area contributed by atoms with Gasteiger partial charge in [-0.25, -0.2) is 0 Å². The monoisotopic (exact) mass is 185 g/mol. The van der Waals surface area contributed by atoms with Gasteiger partial charge >= 0.3 is 0 Å². The Morgan fingerprint density at radius 2 is 2.44 bits per heavy atom. The third kappa shape index (κ3) is 1.80. The zero-order valence-corrected chi connectivity index (χ0v) is 6.35. The Labute approximate surface area is 62.5 Å². The highest BCUT2D eigenvalue weighted by atomic mass is 79.9. The first-order valence-corrected chi connectivity index (χ1v) is 3.39. The van der Waals surface area contributed by atoms with Crippen LogP contribution in [0.1, 0.15) is 5.56 Å². The fraction of sp³-hybridized carbons (Fsp3) is 0.143. The van der Waals surface area contributed by atoms with Crippen molar-refractivity contribution in [1.29, 1.82) is 0 Å². The molecule has 0 fully saturated rings. The first-order valence-electron chi connectivity index (χ1n) is 2.60. The summed E-state index contributed by atoms with van der Waals surface area (Å²) in [5, 5.41) is 8.63. The molecule has 0 aliphatic carbocycles. The maximum absolute atomic E-state index is 8.63. The standard InChI is InChI=1S/C7H6BrO/c8-7-3-1-2-6(4-7)5-9/h1-2,4,9H,5H2. The number of benzene rings is 1. The number of rotatable bonds is 1. The van der Waals surface area contributed by atoms with E-state index in [9.17, 15) is 0 Å². The van der Waals surface area contributed by atoms with Crippen LogP contribution in [0.2, 0.25) is 0 Å². The van der Waals surface area contributed by atoms with Crippen LogP contribution in [0, 0.1) is 6.07 Å². The zero-order valence-electron chi connectivity index (χ0n) is 4.76. The molecule has 0 atom stereocenters. The van der Waals surface area contributed by atoms with Crippen LogP contribution < -0.4 is 0 Å². The minimum atomic E-state index is 0.0906. The molecule has 1 nitrogen and oxygen atoms in total. The van der Waals surface area contributed by atoms with Gasteiger partial charge in [0.15, 0.2) is 0 Å². The van der Waals surface area contributed by atoms with E-state index in [1.54, 1.807) is 6.07 Å². The highest BCUT2D eigenvalue weighted by molar-refractivity contribution is 9.10. The predicted octanol–water partition coefficient (Wildman–Crippen LogP) is 1.74. The van der Waals surface area contributed by atoms with E-state index in [1.165, 1.54) is 0 Å². The molecule has 1 radical (unpaired) electrons. The molecular formula is C7H6BrO. The van der Waals surface area contributed by atoms with Gasteiger partial charge in [-0.1, -0.05) is 28.1 Å². The molecule has 9 heavy (non-hydrogen) atoms. The third-order valence-corrected chi connectivity index (χ3v) is 1.47. The van der Waals surface area contributed by atoms with Gasteiger partial charge in [-0.15, -0.1) is 0 Å². The summed E-state index contributed by atoms with van der Waals surface area (Å²) in [5.41, 5.74) is 0.903. The molecule has 2 heteroatoms. The Morgan fingerprint density at radius 3 is 2.89 bits per heavy atom. The number of hydrogen-bond acceptors (Lipinski definition) is 1. The number of aliphatic hydroxyl groups excluding tert-OH is 1. The molecule has 1 aromatic rings. The van der Waals surface area contributed by atoms with Crippen molar-refractivity contribution in [3.8, 4) is 0 Å². The Morgan fingerprint density at radius 1 is 1.67 bits per heavy atom. The number of halogens is 1. The van der Waals surface area contributed by atoms with E-state index in [1.807, 2.05) is 12.1 Å². The largest absolute Gasteiger partial charge is 0.392 e. The Balaban J connectivity index is 2.94. The molecule has 0 heterocycles. The van der Waals surface area contributed by atoms with Gasteiger partial charge < -0.3 is 5.11 Å². The van der Waals surface area contributed by atoms with E-state index in [2.05, 4.69) is 22.0 Å². The maximum Gasteiger partial charge on any atom is 0.0682 e. The lowest BCUT2D eigenvalue weighted by atomic mass is 10.2. The summed E-state index contributed by atoms with van der Waals surface area (Å²) < 4.78 is 0.883. The van der Waals surface area contributed by atoms with Crippen LogP contribution in [0.25, 0.3) is 0 Å². The molecule has 47 valence electrons. The van der Waals surface area contributed by atoms with E-state index in [-0.39, 0.29) is 6.61 Å². The van der Waals surface area contributed by atoms with Crippen molar-refractivity contribution in [3.05, 3.63) is 34.3 Å². The number of aliphatic hydroxyl groups is 1. The van der Waals surface area contributed by atoms with Gasteiger partial charge in [0, 0.05) is 4.47 Å². The number of hydrogen-bond donors (Lipinski definition) is 1. The van der Waals surface area contributed by atoms with Crippen molar-refractivity contribution in [2.45, 2.75) is 6.61 Å². The molecule has 0 saturated heterocycles. The van der Waals surface area contributed by atoms with Gasteiger partial charge in [0.1, 0.15) is 0 Å². The fourth-order valence-electron chi connectivity index (χ4n) is 0.579. The molecule has 1 N–H and O–H groups in total. The lowest BCUT2D eigenvalue weighted by Crippen LogP contribution is -1.80. The summed E-state index contributed by atoms with van der Waals surface area (Å²) in [7, 11) is 0. The van der Waals surface area contributed by atoms with Gasteiger partial charge in [-0.2, -0.15) is 0 Å². The van der Waals surface area contributed by atoms with Gasteiger partial charge in [-0.05, 0) is 17.7 Å². The molecule has 0 bridgehead atoms. The van der Waals surface area contributed by atoms with Crippen LogP contribution >= 0.6 is 15.9 Å². The Kier molecular flexibility index (Phi) is 2.25. The Bertz CT molecular complexity index is 198. The second kappa shape index (κ2) is 2.99. The fourth-order valence-corrected chi connectivity index (χ4v) is 1.01. The SMILES string of the molecule is OCc1cc[c]c(Br)c1. The van der Waals surface area contributed by atoms with Crippen molar-refractivity contribution >= 4 is 15.9 Å². The smallest absolute Gasteiger partial charge is 0.0682 e. The van der Waals surface area contributed by atoms with E-state index in [0.717, 1.165) is 10.0 Å². The zero-order chi connectivity index (χ0) is 6.69. The summed E-state index contributed by atoms with van der Waals surface area (Å²) in [6.07, 6.45) is 0. The summed E-state index contributed by atoms with van der Waals surface area (Å²) in [5.74, 6) is 0. The normalized spacial score (nSPS) is 9.56. The van der Waals surface area contributed by atoms with Crippen LogP contribution in [-0.2, 0) is 6.61 Å². The van der Waals surface area contributed by atoms with Crippen molar-refractivity contribution in [2.75, 3.05) is 0 Å². The molecule has 1 rings (SSSR count). The molecule has 0 saturated carbocycles. The summed E-state index contributed by atoms with van der Waals surface area (Å²) in [4.78, 5) is 0. The molecule has 0 aliphatic rings. The second-order valence-corrected chi connectivity index (χ2v) is 2.56.